The third-order valence-corrected chi connectivity index (χ3v) is 5.87. The molecule has 0 fully saturated rings. The number of carbonyl (C=O) groups is 1. The smallest absolute Gasteiger partial charge is 0.294 e. The number of pyridine rings is 2. The largest absolute Gasteiger partial charge is 0.347 e. The second-order valence-corrected chi connectivity index (χ2v) is 8.19. The fourth-order valence-electron chi connectivity index (χ4n) is 4.12. The van der Waals surface area contributed by atoms with Crippen molar-refractivity contribution in [3.63, 3.8) is 0 Å². The van der Waals surface area contributed by atoms with Crippen LogP contribution in [-0.2, 0) is 12.8 Å². The van der Waals surface area contributed by atoms with Gasteiger partial charge in [0.25, 0.3) is 0 Å². The van der Waals surface area contributed by atoms with Crippen LogP contribution in [0, 0.1) is 11.6 Å². The minimum absolute atomic E-state index is 0.116. The van der Waals surface area contributed by atoms with Gasteiger partial charge < -0.3 is 0 Å². The molecule has 0 saturated carbocycles. The van der Waals surface area contributed by atoms with Crippen LogP contribution in [0.1, 0.15) is 33.6 Å². The van der Waals surface area contributed by atoms with Crippen molar-refractivity contribution in [3.8, 4) is 11.1 Å². The van der Waals surface area contributed by atoms with Gasteiger partial charge in [-0.2, -0.15) is 5.10 Å². The molecule has 5 rings (SSSR count). The summed E-state index contributed by atoms with van der Waals surface area (Å²) in [5, 5.41) is 6.59. The molecule has 3 aromatic heterocycles. The molecule has 0 saturated heterocycles. The highest BCUT2D eigenvalue weighted by atomic mass is 19.2. The quantitative estimate of drug-likeness (QED) is 0.348. The molecule has 8 heteroatoms. The van der Waals surface area contributed by atoms with Gasteiger partial charge in [-0.1, -0.05) is 30.3 Å². The number of nitrogens with zero attached hydrogens (tertiary/aromatic N) is 3. The first-order valence-electron chi connectivity index (χ1n) is 11.1. The van der Waals surface area contributed by atoms with Crippen LogP contribution in [0.3, 0.4) is 0 Å². The van der Waals surface area contributed by atoms with Crippen molar-refractivity contribution in [2.45, 2.75) is 19.3 Å². The summed E-state index contributed by atoms with van der Waals surface area (Å²) in [5.74, 6) is -1.95. The van der Waals surface area contributed by atoms with Gasteiger partial charge in [-0.3, -0.25) is 9.78 Å². The average molecular weight is 470 g/mol. The molecule has 0 bridgehead atoms. The van der Waals surface area contributed by atoms with Crippen molar-refractivity contribution in [1.29, 1.82) is 0 Å². The molecule has 174 valence electrons. The molecule has 1 N–H and O–H groups in total. The Bertz CT molecular complexity index is 1610. The molecule has 0 unspecified atom stereocenters. The molecule has 0 aliphatic heterocycles. The number of ketones is 1. The maximum absolute atomic E-state index is 13.5. The predicted octanol–water partition coefficient (Wildman–Crippen LogP) is 4.77. The van der Waals surface area contributed by atoms with E-state index in [1.54, 1.807) is 30.6 Å². The Labute approximate surface area is 198 Å². The van der Waals surface area contributed by atoms with Crippen molar-refractivity contribution in [2.75, 3.05) is 0 Å². The van der Waals surface area contributed by atoms with E-state index in [0.29, 0.717) is 35.3 Å². The number of Topliss-reactive ketones (excluding diaryl/α,β-unsaturated/α-hetero) is 1. The Hall–Kier alpha value is -4.46. The molecule has 0 atom stereocenters. The first kappa shape index (κ1) is 22.3. The topological polar surface area (TPSA) is 80.1 Å². The highest BCUT2D eigenvalue weighted by molar-refractivity contribution is 5.97. The van der Waals surface area contributed by atoms with Crippen LogP contribution in [0.4, 0.5) is 8.78 Å². The number of nitrogens with one attached hydrogen (secondary N) is 1. The third kappa shape index (κ3) is 4.63. The van der Waals surface area contributed by atoms with Crippen LogP contribution >= 0.6 is 0 Å². The third-order valence-electron chi connectivity index (χ3n) is 5.87. The maximum Gasteiger partial charge on any atom is 0.347 e. The van der Waals surface area contributed by atoms with Gasteiger partial charge in [0.15, 0.2) is 23.1 Å². The zero-order valence-corrected chi connectivity index (χ0v) is 18.5. The predicted molar refractivity (Wildman–Crippen MR) is 127 cm³/mol. The number of aromatic amines is 1. The Balaban J connectivity index is 1.38. The zero-order valence-electron chi connectivity index (χ0n) is 18.5. The van der Waals surface area contributed by atoms with E-state index < -0.39 is 11.6 Å². The lowest BCUT2D eigenvalue weighted by Crippen LogP contribution is -2.08. The normalized spacial score (nSPS) is 11.1. The molecule has 35 heavy (non-hydrogen) atoms. The van der Waals surface area contributed by atoms with Crippen molar-refractivity contribution in [3.05, 3.63) is 124 Å². The molecular formula is C27H20F2N4O2. The summed E-state index contributed by atoms with van der Waals surface area (Å²) >= 11 is 0. The average Bonchev–Trinajstić information content (AvgIpc) is 3.26. The van der Waals surface area contributed by atoms with E-state index in [-0.39, 0.29) is 17.9 Å². The highest BCUT2D eigenvalue weighted by Gasteiger charge is 2.15. The van der Waals surface area contributed by atoms with E-state index in [1.165, 1.54) is 10.5 Å². The van der Waals surface area contributed by atoms with Gasteiger partial charge in [0.05, 0.1) is 5.69 Å². The Morgan fingerprint density at radius 3 is 2.69 bits per heavy atom. The second kappa shape index (κ2) is 9.42. The van der Waals surface area contributed by atoms with Gasteiger partial charge in [-0.25, -0.2) is 23.1 Å². The highest BCUT2D eigenvalue weighted by Crippen LogP contribution is 2.25. The first-order valence-corrected chi connectivity index (χ1v) is 11.1. The number of aromatic nitrogens is 4. The summed E-state index contributed by atoms with van der Waals surface area (Å²) in [6.45, 7) is 0. The summed E-state index contributed by atoms with van der Waals surface area (Å²) in [7, 11) is 0. The molecule has 0 aliphatic rings. The van der Waals surface area contributed by atoms with E-state index in [0.717, 1.165) is 28.8 Å². The van der Waals surface area contributed by atoms with Gasteiger partial charge in [0.2, 0.25) is 0 Å². The summed E-state index contributed by atoms with van der Waals surface area (Å²) in [4.78, 5) is 29.3. The Morgan fingerprint density at radius 2 is 1.83 bits per heavy atom. The minimum Gasteiger partial charge on any atom is -0.294 e. The second-order valence-electron chi connectivity index (χ2n) is 8.19. The van der Waals surface area contributed by atoms with Crippen molar-refractivity contribution >= 4 is 11.4 Å². The van der Waals surface area contributed by atoms with E-state index in [1.807, 2.05) is 30.3 Å². The Morgan fingerprint density at radius 1 is 0.943 bits per heavy atom. The number of hydrogen-bond acceptors (Lipinski definition) is 4. The van der Waals surface area contributed by atoms with E-state index in [9.17, 15) is 18.4 Å². The monoisotopic (exact) mass is 470 g/mol. The molecule has 6 nitrogen and oxygen atoms in total. The molecule has 0 amide bonds. The standard InChI is InChI=1S/C27H20F2N4O2/c28-22-10-8-17(15-23(22)29)9-11-25(34)21-6-2-12-30-24(21)16-18-4-1-5-19(14-18)20-7-3-13-33-26(20)31-32-27(33)35/h1-8,10,12-15H,9,11,16H2,(H,32,35). The van der Waals surface area contributed by atoms with Crippen LogP contribution in [0.2, 0.25) is 0 Å². The summed E-state index contributed by atoms with van der Waals surface area (Å²) in [5.41, 5.74) is 4.54. The molecule has 0 aliphatic carbocycles. The fourth-order valence-corrected chi connectivity index (χ4v) is 4.12. The number of H-pyrrole nitrogens is 1. The molecule has 3 heterocycles. The first-order chi connectivity index (χ1) is 17.0. The molecular weight excluding hydrogens is 450 g/mol. The summed E-state index contributed by atoms with van der Waals surface area (Å²) in [6.07, 6.45) is 4.17. The van der Waals surface area contributed by atoms with Crippen molar-refractivity contribution < 1.29 is 13.6 Å². The number of fused-ring (bicyclic) bond motifs is 1. The number of benzene rings is 2. The molecule has 0 radical (unpaired) electrons. The summed E-state index contributed by atoms with van der Waals surface area (Å²) < 4.78 is 28.1. The van der Waals surface area contributed by atoms with Gasteiger partial charge in [0.1, 0.15) is 0 Å². The number of halogens is 2. The van der Waals surface area contributed by atoms with Crippen LogP contribution < -0.4 is 5.69 Å². The van der Waals surface area contributed by atoms with Crippen LogP contribution in [0.25, 0.3) is 16.8 Å². The fraction of sp³-hybridized carbons (Fsp3) is 0.111. The lowest BCUT2D eigenvalue weighted by atomic mass is 9.97. The maximum atomic E-state index is 13.5. The zero-order chi connectivity index (χ0) is 24.4. The van der Waals surface area contributed by atoms with Crippen LogP contribution in [0.15, 0.2) is 83.9 Å². The van der Waals surface area contributed by atoms with Gasteiger partial charge in [-0.05, 0) is 59.5 Å². The lowest BCUT2D eigenvalue weighted by molar-refractivity contribution is 0.0981. The van der Waals surface area contributed by atoms with E-state index in [4.69, 9.17) is 0 Å². The number of carbonyl (C=O) groups excluding carboxylic acids is 1. The van der Waals surface area contributed by atoms with Gasteiger partial charge in [-0.15, -0.1) is 0 Å². The van der Waals surface area contributed by atoms with Gasteiger partial charge in [0, 0.05) is 36.4 Å². The molecule has 0 spiro atoms. The lowest BCUT2D eigenvalue weighted by Gasteiger charge is -2.10. The van der Waals surface area contributed by atoms with E-state index in [2.05, 4.69) is 15.2 Å². The summed E-state index contributed by atoms with van der Waals surface area (Å²) in [6, 6.07) is 18.6. The molecule has 2 aromatic carbocycles. The van der Waals surface area contributed by atoms with E-state index >= 15 is 0 Å². The number of rotatable bonds is 7. The van der Waals surface area contributed by atoms with Gasteiger partial charge >= 0.3 is 5.69 Å². The number of hydrogen-bond donors (Lipinski definition) is 1. The SMILES string of the molecule is O=C(CCc1ccc(F)c(F)c1)c1cccnc1Cc1cccc(-c2cccn3c(=O)[nH]nc23)c1. The number of aryl methyl sites for hydroxylation is 1. The minimum atomic E-state index is -0.924. The Kier molecular flexibility index (Phi) is 6.01. The van der Waals surface area contributed by atoms with Crippen molar-refractivity contribution in [1.82, 2.24) is 19.6 Å². The molecule has 5 aromatic rings. The van der Waals surface area contributed by atoms with Crippen LogP contribution in [0.5, 0.6) is 0 Å². The van der Waals surface area contributed by atoms with Crippen LogP contribution in [-0.4, -0.2) is 25.4 Å². The van der Waals surface area contributed by atoms with Crippen molar-refractivity contribution in [2.24, 2.45) is 0 Å².